The van der Waals surface area contributed by atoms with Crippen molar-refractivity contribution in [2.75, 3.05) is 23.7 Å². The maximum Gasteiger partial charge on any atom is 0.243 e. The summed E-state index contributed by atoms with van der Waals surface area (Å²) in [6, 6.07) is 6.01. The quantitative estimate of drug-likeness (QED) is 0.562. The average Bonchev–Trinajstić information content (AvgIpc) is 2.47. The van der Waals surface area contributed by atoms with Crippen LogP contribution in [0.3, 0.4) is 0 Å². The summed E-state index contributed by atoms with van der Waals surface area (Å²) in [5, 5.41) is 2.80. The third kappa shape index (κ3) is 4.80. The zero-order valence-electron chi connectivity index (χ0n) is 11.5. The van der Waals surface area contributed by atoms with E-state index in [4.69, 9.17) is 0 Å². The van der Waals surface area contributed by atoms with Gasteiger partial charge in [-0.2, -0.15) is 4.31 Å². The van der Waals surface area contributed by atoms with Crippen molar-refractivity contribution >= 4 is 37.5 Å². The lowest BCUT2D eigenvalue weighted by Crippen LogP contribution is -2.31. The molecule has 1 N–H and O–H groups in total. The monoisotopic (exact) mass is 372 g/mol. The Labute approximate surface area is 133 Å². The Bertz CT molecular complexity index is 602. The van der Waals surface area contributed by atoms with Crippen molar-refractivity contribution in [3.05, 3.63) is 49.6 Å². The maximum absolute atomic E-state index is 12.4. The molecule has 1 aromatic carbocycles. The number of carbonyl (C=O) groups is 1. The van der Waals surface area contributed by atoms with Gasteiger partial charge in [-0.1, -0.05) is 28.1 Å². The minimum atomic E-state index is -3.61. The highest BCUT2D eigenvalue weighted by Crippen LogP contribution is 2.18. The van der Waals surface area contributed by atoms with Gasteiger partial charge in [-0.25, -0.2) is 8.42 Å². The smallest absolute Gasteiger partial charge is 0.243 e. The van der Waals surface area contributed by atoms with E-state index < -0.39 is 10.0 Å². The molecule has 0 saturated carbocycles. The molecule has 0 unspecified atom stereocenters. The number of anilines is 1. The molecule has 7 heteroatoms. The first-order valence-corrected chi connectivity index (χ1v) is 8.69. The number of benzene rings is 1. The molecular formula is C14H17BrN2O3S. The van der Waals surface area contributed by atoms with E-state index in [2.05, 4.69) is 34.4 Å². The second-order valence-electron chi connectivity index (χ2n) is 4.11. The van der Waals surface area contributed by atoms with Gasteiger partial charge in [0.05, 0.1) is 10.2 Å². The predicted molar refractivity (Wildman–Crippen MR) is 88.0 cm³/mol. The fraction of sp³-hybridized carbons (Fsp3) is 0.214. The molecule has 0 radical (unpaired) electrons. The summed E-state index contributed by atoms with van der Waals surface area (Å²) in [5.41, 5.74) is 0.539. The van der Waals surface area contributed by atoms with Gasteiger partial charge in [-0.05, 0) is 24.3 Å². The minimum Gasteiger partial charge on any atom is -0.325 e. The fourth-order valence-corrected chi connectivity index (χ4v) is 3.13. The number of nitrogens with zero attached hydrogens (tertiary/aromatic N) is 1. The minimum absolute atomic E-state index is 0.156. The third-order valence-corrected chi connectivity index (χ3v) is 4.92. The standard InChI is InChI=1S/C14H17BrN2O3S/c1-3-9-17(10-4-2)21(19,20)13-7-5-12(6-8-13)16-14(18)11-15/h3-8H,1-2,9-11H2,(H,16,18). The predicted octanol–water partition coefficient (Wildman–Crippen LogP) is 2.38. The number of amides is 1. The van der Waals surface area contributed by atoms with Gasteiger partial charge >= 0.3 is 0 Å². The number of alkyl halides is 1. The number of rotatable bonds is 8. The highest BCUT2D eigenvalue weighted by molar-refractivity contribution is 9.09. The van der Waals surface area contributed by atoms with Crippen molar-refractivity contribution in [2.24, 2.45) is 0 Å². The van der Waals surface area contributed by atoms with Gasteiger partial charge in [0.1, 0.15) is 0 Å². The van der Waals surface area contributed by atoms with Crippen LogP contribution in [-0.2, 0) is 14.8 Å². The molecule has 0 aromatic heterocycles. The van der Waals surface area contributed by atoms with Crippen LogP contribution >= 0.6 is 15.9 Å². The first-order chi connectivity index (χ1) is 9.95. The number of hydrogen-bond donors (Lipinski definition) is 1. The second kappa shape index (κ2) is 8.11. The van der Waals surface area contributed by atoms with Crippen LogP contribution < -0.4 is 5.32 Å². The van der Waals surface area contributed by atoms with E-state index in [1.807, 2.05) is 0 Å². The summed E-state index contributed by atoms with van der Waals surface area (Å²) in [7, 11) is -3.61. The lowest BCUT2D eigenvalue weighted by atomic mass is 10.3. The van der Waals surface area contributed by atoms with Gasteiger partial charge in [0.25, 0.3) is 0 Å². The van der Waals surface area contributed by atoms with Crippen LogP contribution in [0.1, 0.15) is 0 Å². The van der Waals surface area contributed by atoms with Crippen LogP contribution in [-0.4, -0.2) is 37.0 Å². The van der Waals surface area contributed by atoms with Gasteiger partial charge in [0.15, 0.2) is 0 Å². The van der Waals surface area contributed by atoms with E-state index in [0.29, 0.717) is 5.69 Å². The lowest BCUT2D eigenvalue weighted by molar-refractivity contribution is -0.113. The van der Waals surface area contributed by atoms with Gasteiger partial charge in [-0.15, -0.1) is 13.2 Å². The van der Waals surface area contributed by atoms with Crippen molar-refractivity contribution < 1.29 is 13.2 Å². The Hall–Kier alpha value is -1.44. The number of nitrogens with one attached hydrogen (secondary N) is 1. The number of halogens is 1. The van der Waals surface area contributed by atoms with Crippen molar-refractivity contribution in [3.63, 3.8) is 0 Å². The largest absolute Gasteiger partial charge is 0.325 e. The van der Waals surface area contributed by atoms with E-state index in [9.17, 15) is 13.2 Å². The Balaban J connectivity index is 3.00. The number of hydrogen-bond acceptors (Lipinski definition) is 3. The topological polar surface area (TPSA) is 66.5 Å². The van der Waals surface area contributed by atoms with E-state index in [1.54, 1.807) is 12.1 Å². The van der Waals surface area contributed by atoms with Gasteiger partial charge in [0, 0.05) is 18.8 Å². The number of sulfonamides is 1. The van der Waals surface area contributed by atoms with Crippen LogP contribution in [0.5, 0.6) is 0 Å². The van der Waals surface area contributed by atoms with E-state index in [0.717, 1.165) is 0 Å². The van der Waals surface area contributed by atoms with Gasteiger partial charge < -0.3 is 5.32 Å². The second-order valence-corrected chi connectivity index (χ2v) is 6.60. The number of carbonyl (C=O) groups excluding carboxylic acids is 1. The van der Waals surface area contributed by atoms with Crippen LogP contribution in [0, 0.1) is 0 Å². The molecular weight excluding hydrogens is 356 g/mol. The molecule has 1 rings (SSSR count). The highest BCUT2D eigenvalue weighted by atomic mass is 79.9. The maximum atomic E-state index is 12.4. The average molecular weight is 373 g/mol. The first kappa shape index (κ1) is 17.6. The Morgan fingerprint density at radius 3 is 2.14 bits per heavy atom. The Morgan fingerprint density at radius 2 is 1.71 bits per heavy atom. The van der Waals surface area contributed by atoms with Gasteiger partial charge in [0.2, 0.25) is 15.9 Å². The summed E-state index contributed by atoms with van der Waals surface area (Å²) in [4.78, 5) is 11.4. The molecule has 0 bridgehead atoms. The first-order valence-electron chi connectivity index (χ1n) is 6.13. The molecule has 114 valence electrons. The molecule has 0 saturated heterocycles. The lowest BCUT2D eigenvalue weighted by Gasteiger charge is -2.19. The highest BCUT2D eigenvalue weighted by Gasteiger charge is 2.22. The summed E-state index contributed by atoms with van der Waals surface area (Å²) >= 11 is 3.04. The molecule has 0 aliphatic carbocycles. The summed E-state index contributed by atoms with van der Waals surface area (Å²) < 4.78 is 26.1. The molecule has 0 fully saturated rings. The normalized spacial score (nSPS) is 11.1. The SMILES string of the molecule is C=CCN(CC=C)S(=O)(=O)c1ccc(NC(=O)CBr)cc1. The van der Waals surface area contributed by atoms with Crippen molar-refractivity contribution in [3.8, 4) is 0 Å². The zero-order chi connectivity index (χ0) is 15.9. The molecule has 1 aromatic rings. The molecule has 21 heavy (non-hydrogen) atoms. The zero-order valence-corrected chi connectivity index (χ0v) is 13.9. The van der Waals surface area contributed by atoms with Crippen LogP contribution in [0.4, 0.5) is 5.69 Å². The van der Waals surface area contributed by atoms with Crippen LogP contribution in [0.2, 0.25) is 0 Å². The Kier molecular flexibility index (Phi) is 6.80. The summed E-state index contributed by atoms with van der Waals surface area (Å²) in [6.07, 6.45) is 3.04. The van der Waals surface area contributed by atoms with Crippen LogP contribution in [0.25, 0.3) is 0 Å². The van der Waals surface area contributed by atoms with Crippen LogP contribution in [0.15, 0.2) is 54.5 Å². The van der Waals surface area contributed by atoms with E-state index in [-0.39, 0.29) is 29.2 Å². The molecule has 0 atom stereocenters. The summed E-state index contributed by atoms with van der Waals surface area (Å²) in [6.45, 7) is 7.52. The van der Waals surface area contributed by atoms with E-state index >= 15 is 0 Å². The fourth-order valence-electron chi connectivity index (χ4n) is 1.61. The van der Waals surface area contributed by atoms with Crippen molar-refractivity contribution in [1.29, 1.82) is 0 Å². The third-order valence-electron chi connectivity index (χ3n) is 2.56. The van der Waals surface area contributed by atoms with E-state index in [1.165, 1.54) is 28.6 Å². The molecule has 0 heterocycles. The summed E-state index contributed by atoms with van der Waals surface area (Å²) in [5.74, 6) is -0.203. The van der Waals surface area contributed by atoms with Crippen molar-refractivity contribution in [1.82, 2.24) is 4.31 Å². The molecule has 0 aliphatic rings. The molecule has 0 spiro atoms. The molecule has 0 aliphatic heterocycles. The Morgan fingerprint density at radius 1 is 1.19 bits per heavy atom. The van der Waals surface area contributed by atoms with Gasteiger partial charge in [-0.3, -0.25) is 4.79 Å². The molecule has 5 nitrogen and oxygen atoms in total. The molecule has 1 amide bonds. The van der Waals surface area contributed by atoms with Crippen molar-refractivity contribution in [2.45, 2.75) is 4.90 Å².